The second-order valence-electron chi connectivity index (χ2n) is 5.40. The third-order valence-electron chi connectivity index (χ3n) is 3.50. The number of carbonyl (C=O) groups is 1. The van der Waals surface area contributed by atoms with Gasteiger partial charge in [-0.05, 0) is 43.7 Å². The molecule has 0 heterocycles. The summed E-state index contributed by atoms with van der Waals surface area (Å²) in [5.74, 6) is -0.336. The Labute approximate surface area is 147 Å². The smallest absolute Gasteiger partial charge is 0.263 e. The van der Waals surface area contributed by atoms with Gasteiger partial charge in [0, 0.05) is 17.3 Å². The van der Waals surface area contributed by atoms with Gasteiger partial charge in [-0.25, -0.2) is 8.42 Å². The molecule has 2 N–H and O–H groups in total. The van der Waals surface area contributed by atoms with Gasteiger partial charge in [-0.3, -0.25) is 9.52 Å². The van der Waals surface area contributed by atoms with Crippen molar-refractivity contribution in [3.63, 3.8) is 0 Å². The Morgan fingerprint density at radius 1 is 1.17 bits per heavy atom. The first-order valence-electron chi connectivity index (χ1n) is 7.51. The zero-order valence-electron chi connectivity index (χ0n) is 13.4. The van der Waals surface area contributed by atoms with E-state index in [1.165, 1.54) is 18.2 Å². The number of nitrogens with one attached hydrogen (secondary N) is 2. The maximum atomic E-state index is 12.5. The van der Waals surface area contributed by atoms with Crippen LogP contribution in [0.5, 0.6) is 0 Å². The number of hydrogen-bond donors (Lipinski definition) is 2. The summed E-state index contributed by atoms with van der Waals surface area (Å²) in [4.78, 5) is 12.1. The fourth-order valence-corrected chi connectivity index (χ4v) is 3.56. The molecule has 0 aliphatic rings. The van der Waals surface area contributed by atoms with Crippen LogP contribution in [0.3, 0.4) is 0 Å². The first kappa shape index (κ1) is 18.3. The summed E-state index contributed by atoms with van der Waals surface area (Å²) in [6.07, 6.45) is 0.778. The van der Waals surface area contributed by atoms with Crippen molar-refractivity contribution in [1.29, 1.82) is 0 Å². The summed E-state index contributed by atoms with van der Waals surface area (Å²) in [6.45, 7) is 3.83. The van der Waals surface area contributed by atoms with Crippen molar-refractivity contribution in [1.82, 2.24) is 5.32 Å². The van der Waals surface area contributed by atoms with Crippen LogP contribution in [-0.2, 0) is 10.0 Å². The molecule has 2 rings (SSSR count). The van der Waals surface area contributed by atoms with Gasteiger partial charge in [-0.1, -0.05) is 36.7 Å². The van der Waals surface area contributed by atoms with Crippen LogP contribution in [0.15, 0.2) is 53.4 Å². The monoisotopic (exact) mass is 366 g/mol. The Morgan fingerprint density at radius 3 is 2.46 bits per heavy atom. The summed E-state index contributed by atoms with van der Waals surface area (Å²) in [5.41, 5.74) is 0.663. The van der Waals surface area contributed by atoms with Crippen LogP contribution in [0.1, 0.15) is 30.6 Å². The standard InChI is InChI=1S/C17H19ClN2O3S/c1-3-12(2)19-17(21)13-9-10-15(18)16(11-13)24(22,23)20-14-7-5-4-6-8-14/h4-12,20H,3H2,1-2H3,(H,19,21)/t12-/m1/s1. The highest BCUT2D eigenvalue weighted by Crippen LogP contribution is 2.25. The highest BCUT2D eigenvalue weighted by Gasteiger charge is 2.20. The zero-order chi connectivity index (χ0) is 17.7. The van der Waals surface area contributed by atoms with Crippen molar-refractivity contribution in [2.45, 2.75) is 31.2 Å². The van der Waals surface area contributed by atoms with Gasteiger partial charge in [-0.15, -0.1) is 0 Å². The SMILES string of the molecule is CC[C@@H](C)NC(=O)c1ccc(Cl)c(S(=O)(=O)Nc2ccccc2)c1. The minimum Gasteiger partial charge on any atom is -0.350 e. The van der Waals surface area contributed by atoms with Crippen LogP contribution in [0, 0.1) is 0 Å². The number of sulfonamides is 1. The van der Waals surface area contributed by atoms with E-state index in [0.717, 1.165) is 6.42 Å². The van der Waals surface area contributed by atoms with Gasteiger partial charge in [0.15, 0.2) is 0 Å². The van der Waals surface area contributed by atoms with Crippen molar-refractivity contribution >= 4 is 33.2 Å². The third-order valence-corrected chi connectivity index (χ3v) is 5.36. The largest absolute Gasteiger partial charge is 0.350 e. The predicted molar refractivity (Wildman–Crippen MR) is 95.9 cm³/mol. The Balaban J connectivity index is 2.32. The van der Waals surface area contributed by atoms with Crippen LogP contribution >= 0.6 is 11.6 Å². The van der Waals surface area contributed by atoms with Crippen LogP contribution in [-0.4, -0.2) is 20.4 Å². The van der Waals surface area contributed by atoms with E-state index in [-0.39, 0.29) is 27.4 Å². The first-order chi connectivity index (χ1) is 11.3. The van der Waals surface area contributed by atoms with Gasteiger partial charge in [0.1, 0.15) is 4.90 Å². The van der Waals surface area contributed by atoms with Crippen LogP contribution in [0.2, 0.25) is 5.02 Å². The number of halogens is 1. The molecule has 0 bridgehead atoms. The van der Waals surface area contributed by atoms with Crippen molar-refractivity contribution < 1.29 is 13.2 Å². The maximum Gasteiger partial charge on any atom is 0.263 e. The van der Waals surface area contributed by atoms with Gasteiger partial charge in [0.2, 0.25) is 0 Å². The van der Waals surface area contributed by atoms with Gasteiger partial charge < -0.3 is 5.32 Å². The second-order valence-corrected chi connectivity index (χ2v) is 7.46. The molecule has 0 aromatic heterocycles. The molecule has 0 aliphatic heterocycles. The molecule has 2 aromatic rings. The minimum atomic E-state index is -3.90. The topological polar surface area (TPSA) is 75.3 Å². The van der Waals surface area contributed by atoms with Crippen molar-refractivity contribution in [2.75, 3.05) is 4.72 Å². The van der Waals surface area contributed by atoms with E-state index < -0.39 is 10.0 Å². The molecule has 7 heteroatoms. The number of hydrogen-bond acceptors (Lipinski definition) is 3. The van der Waals surface area contributed by atoms with E-state index in [9.17, 15) is 13.2 Å². The highest BCUT2D eigenvalue weighted by molar-refractivity contribution is 7.92. The van der Waals surface area contributed by atoms with E-state index in [1.807, 2.05) is 13.8 Å². The molecule has 0 radical (unpaired) electrons. The fourth-order valence-electron chi connectivity index (χ4n) is 1.98. The number of benzene rings is 2. The Bertz CT molecular complexity index is 823. The molecule has 1 atom stereocenters. The van der Waals surface area contributed by atoms with Crippen LogP contribution < -0.4 is 10.0 Å². The third kappa shape index (κ3) is 4.49. The van der Waals surface area contributed by atoms with E-state index in [1.54, 1.807) is 30.3 Å². The quantitative estimate of drug-likeness (QED) is 0.819. The lowest BCUT2D eigenvalue weighted by atomic mass is 10.2. The van der Waals surface area contributed by atoms with E-state index in [2.05, 4.69) is 10.0 Å². The highest BCUT2D eigenvalue weighted by atomic mass is 35.5. The molecule has 0 spiro atoms. The molecule has 0 saturated heterocycles. The molecule has 0 saturated carbocycles. The first-order valence-corrected chi connectivity index (χ1v) is 9.38. The number of amides is 1. The lowest BCUT2D eigenvalue weighted by molar-refractivity contribution is 0.0939. The normalized spacial score (nSPS) is 12.5. The van der Waals surface area contributed by atoms with Crippen molar-refractivity contribution in [2.24, 2.45) is 0 Å². The van der Waals surface area contributed by atoms with Crippen molar-refractivity contribution in [3.8, 4) is 0 Å². The van der Waals surface area contributed by atoms with E-state index >= 15 is 0 Å². The maximum absolute atomic E-state index is 12.5. The lowest BCUT2D eigenvalue weighted by Gasteiger charge is -2.13. The van der Waals surface area contributed by atoms with Gasteiger partial charge in [-0.2, -0.15) is 0 Å². The molecule has 5 nitrogen and oxygen atoms in total. The lowest BCUT2D eigenvalue weighted by Crippen LogP contribution is -2.32. The van der Waals surface area contributed by atoms with Gasteiger partial charge >= 0.3 is 0 Å². The number of carbonyl (C=O) groups excluding carboxylic acids is 1. The summed E-state index contributed by atoms with van der Waals surface area (Å²) in [7, 11) is -3.90. The number of anilines is 1. The Kier molecular flexibility index (Phi) is 5.85. The summed E-state index contributed by atoms with van der Waals surface area (Å²) >= 11 is 6.03. The molecular formula is C17H19ClN2O3S. The number of para-hydroxylation sites is 1. The fraction of sp³-hybridized carbons (Fsp3) is 0.235. The molecule has 0 unspecified atom stereocenters. The molecule has 0 aliphatic carbocycles. The van der Waals surface area contributed by atoms with Gasteiger partial charge in [0.25, 0.3) is 15.9 Å². The minimum absolute atomic E-state index is 0.00400. The molecule has 24 heavy (non-hydrogen) atoms. The number of rotatable bonds is 6. The zero-order valence-corrected chi connectivity index (χ0v) is 15.0. The second kappa shape index (κ2) is 7.68. The summed E-state index contributed by atoms with van der Waals surface area (Å²) < 4.78 is 27.5. The average Bonchev–Trinajstić information content (AvgIpc) is 2.55. The molecule has 2 aromatic carbocycles. The van der Waals surface area contributed by atoms with Crippen molar-refractivity contribution in [3.05, 3.63) is 59.1 Å². The van der Waals surface area contributed by atoms with E-state index in [0.29, 0.717) is 5.69 Å². The molecule has 128 valence electrons. The Hall–Kier alpha value is -2.05. The van der Waals surface area contributed by atoms with Gasteiger partial charge in [0.05, 0.1) is 5.02 Å². The van der Waals surface area contributed by atoms with Crippen LogP contribution in [0.4, 0.5) is 5.69 Å². The molecular weight excluding hydrogens is 348 g/mol. The average molecular weight is 367 g/mol. The molecule has 0 fully saturated rings. The van der Waals surface area contributed by atoms with E-state index in [4.69, 9.17) is 11.6 Å². The summed E-state index contributed by atoms with van der Waals surface area (Å²) in [5, 5.41) is 2.85. The van der Waals surface area contributed by atoms with Crippen LogP contribution in [0.25, 0.3) is 0 Å². The molecule has 1 amide bonds. The summed E-state index contributed by atoms with van der Waals surface area (Å²) in [6, 6.07) is 12.7. The predicted octanol–water partition coefficient (Wildman–Crippen LogP) is 3.67. The Morgan fingerprint density at radius 2 is 1.83 bits per heavy atom.